The predicted octanol–water partition coefficient (Wildman–Crippen LogP) is 5.68. The number of nitrogens with zero attached hydrogens (tertiary/aromatic N) is 3. The van der Waals surface area contributed by atoms with Crippen LogP contribution in [-0.2, 0) is 21.4 Å². The molecule has 188 valence electrons. The normalized spacial score (nSPS) is 13.5. The van der Waals surface area contributed by atoms with E-state index in [9.17, 15) is 17.6 Å². The Labute approximate surface area is 222 Å². The molecule has 37 heavy (non-hydrogen) atoms. The van der Waals surface area contributed by atoms with E-state index in [2.05, 4.69) is 15.3 Å². The van der Waals surface area contributed by atoms with E-state index in [4.69, 9.17) is 11.6 Å². The summed E-state index contributed by atoms with van der Waals surface area (Å²) >= 11 is 6.82. The van der Waals surface area contributed by atoms with Gasteiger partial charge in [0, 0.05) is 11.3 Å². The fourth-order valence-electron chi connectivity index (χ4n) is 3.88. The molecule has 1 aromatic heterocycles. The number of nitrogens with one attached hydrogen (secondary N) is 1. The first-order valence-electron chi connectivity index (χ1n) is 11.1. The van der Waals surface area contributed by atoms with Crippen LogP contribution in [0.25, 0.3) is 11.3 Å². The van der Waals surface area contributed by atoms with Crippen LogP contribution in [0.2, 0.25) is 5.02 Å². The fraction of sp³-hybridized carbons (Fsp3) is 0.115. The molecule has 0 atom stereocenters. The van der Waals surface area contributed by atoms with Gasteiger partial charge in [0.1, 0.15) is 10.7 Å². The number of thioether (sulfide) groups is 1. The molecule has 0 spiro atoms. The van der Waals surface area contributed by atoms with Crippen molar-refractivity contribution in [2.45, 2.75) is 23.5 Å². The number of hydrogen-bond donors (Lipinski definition) is 1. The summed E-state index contributed by atoms with van der Waals surface area (Å²) in [6.45, 7) is 2.14. The van der Waals surface area contributed by atoms with Crippen molar-refractivity contribution in [3.8, 4) is 11.3 Å². The minimum atomic E-state index is -3.92. The highest BCUT2D eigenvalue weighted by Gasteiger charge is 2.36. The van der Waals surface area contributed by atoms with Crippen LogP contribution < -0.4 is 9.62 Å². The molecule has 0 saturated heterocycles. The van der Waals surface area contributed by atoms with Gasteiger partial charge < -0.3 is 5.32 Å². The zero-order chi connectivity index (χ0) is 26.2. The molecular formula is C26H20ClFN4O3S2. The van der Waals surface area contributed by atoms with Crippen molar-refractivity contribution in [3.05, 3.63) is 94.9 Å². The van der Waals surface area contributed by atoms with Crippen molar-refractivity contribution < 1.29 is 17.6 Å². The van der Waals surface area contributed by atoms with E-state index in [-0.39, 0.29) is 33.3 Å². The summed E-state index contributed by atoms with van der Waals surface area (Å²) in [7, 11) is -3.92. The van der Waals surface area contributed by atoms with Crippen LogP contribution in [0.4, 0.5) is 15.8 Å². The van der Waals surface area contributed by atoms with Gasteiger partial charge in [-0.25, -0.2) is 22.8 Å². The number of para-hydroxylation sites is 1. The summed E-state index contributed by atoms with van der Waals surface area (Å²) in [5.41, 5.74) is 3.78. The van der Waals surface area contributed by atoms with E-state index in [1.807, 2.05) is 43.3 Å². The molecule has 3 aromatic carbocycles. The smallest absolute Gasteiger partial charge is 0.268 e. The number of amides is 1. The van der Waals surface area contributed by atoms with Gasteiger partial charge in [-0.05, 0) is 36.8 Å². The van der Waals surface area contributed by atoms with Crippen LogP contribution in [-0.4, -0.2) is 30.0 Å². The maximum absolute atomic E-state index is 13.6. The molecule has 1 aliphatic heterocycles. The molecule has 0 saturated carbocycles. The van der Waals surface area contributed by atoms with E-state index in [1.54, 1.807) is 12.1 Å². The Balaban J connectivity index is 1.39. The number of hydrogen-bond acceptors (Lipinski definition) is 6. The predicted molar refractivity (Wildman–Crippen MR) is 143 cm³/mol. The molecule has 0 unspecified atom stereocenters. The van der Waals surface area contributed by atoms with Crippen LogP contribution in [0.1, 0.15) is 11.1 Å². The van der Waals surface area contributed by atoms with Crippen LogP contribution >= 0.6 is 23.4 Å². The average molecular weight is 555 g/mol. The van der Waals surface area contributed by atoms with Crippen molar-refractivity contribution in [2.24, 2.45) is 0 Å². The van der Waals surface area contributed by atoms with Gasteiger partial charge in [0.15, 0.2) is 5.16 Å². The number of aryl methyl sites for hydroxylation is 1. The number of anilines is 2. The lowest BCUT2D eigenvalue weighted by Crippen LogP contribution is -2.34. The molecule has 4 aromatic rings. The number of aromatic nitrogens is 2. The molecule has 1 aliphatic rings. The maximum Gasteiger partial charge on any atom is 0.268 e. The van der Waals surface area contributed by atoms with E-state index >= 15 is 0 Å². The average Bonchev–Trinajstić information content (AvgIpc) is 2.88. The van der Waals surface area contributed by atoms with Gasteiger partial charge in [-0.3, -0.25) is 9.10 Å². The fourth-order valence-corrected chi connectivity index (χ4v) is 6.23. The third-order valence-electron chi connectivity index (χ3n) is 5.71. The van der Waals surface area contributed by atoms with Crippen molar-refractivity contribution >= 4 is 50.7 Å². The number of benzene rings is 3. The summed E-state index contributed by atoms with van der Waals surface area (Å²) in [5.74, 6) is -0.989. The minimum absolute atomic E-state index is 0.00747. The van der Waals surface area contributed by atoms with Crippen molar-refractivity contribution in [1.29, 1.82) is 0 Å². The number of rotatable bonds is 6. The van der Waals surface area contributed by atoms with Gasteiger partial charge in [0.2, 0.25) is 5.91 Å². The van der Waals surface area contributed by atoms with Crippen LogP contribution in [0.15, 0.2) is 83.0 Å². The zero-order valence-corrected chi connectivity index (χ0v) is 21.9. The largest absolute Gasteiger partial charge is 0.325 e. The summed E-state index contributed by atoms with van der Waals surface area (Å²) in [6.07, 6.45) is 1.29. The topological polar surface area (TPSA) is 92.3 Å². The van der Waals surface area contributed by atoms with Gasteiger partial charge in [-0.1, -0.05) is 71.4 Å². The van der Waals surface area contributed by atoms with E-state index in [1.165, 1.54) is 22.6 Å². The quantitative estimate of drug-likeness (QED) is 0.243. The lowest BCUT2D eigenvalue weighted by molar-refractivity contribution is -0.113. The highest BCUT2D eigenvalue weighted by molar-refractivity contribution is 7.99. The number of sulfonamides is 1. The lowest BCUT2D eigenvalue weighted by Gasteiger charge is -2.31. The maximum atomic E-state index is 13.6. The Morgan fingerprint density at radius 2 is 1.86 bits per heavy atom. The minimum Gasteiger partial charge on any atom is -0.325 e. The van der Waals surface area contributed by atoms with E-state index < -0.39 is 15.8 Å². The second kappa shape index (κ2) is 10.1. The Morgan fingerprint density at radius 1 is 1.11 bits per heavy atom. The van der Waals surface area contributed by atoms with Gasteiger partial charge in [-0.2, -0.15) is 0 Å². The molecule has 0 bridgehead atoms. The summed E-state index contributed by atoms with van der Waals surface area (Å²) < 4.78 is 41.9. The van der Waals surface area contributed by atoms with E-state index in [0.717, 1.165) is 29.0 Å². The van der Waals surface area contributed by atoms with E-state index in [0.29, 0.717) is 22.6 Å². The Bertz CT molecular complexity index is 1610. The monoisotopic (exact) mass is 554 g/mol. The standard InChI is InChI=1S/C26H20ClFN4O3S2/c1-16-6-8-17(9-7-16)14-32-22-5-3-2-4-19(22)25-23(37(32,34)35)13-29-26(31-25)36-15-24(33)30-18-10-11-21(28)20(27)12-18/h2-13H,14-15H2,1H3,(H,30,33). The highest BCUT2D eigenvalue weighted by atomic mass is 35.5. The third kappa shape index (κ3) is 5.18. The molecule has 0 radical (unpaired) electrons. The van der Waals surface area contributed by atoms with Crippen molar-refractivity contribution in [1.82, 2.24) is 9.97 Å². The Morgan fingerprint density at radius 3 is 2.62 bits per heavy atom. The summed E-state index contributed by atoms with van der Waals surface area (Å²) in [6, 6.07) is 18.8. The molecule has 5 rings (SSSR count). The SMILES string of the molecule is Cc1ccc(CN2c3ccccc3-c3nc(SCC(=O)Nc4ccc(F)c(Cl)c4)ncc3S2(=O)=O)cc1. The Hall–Kier alpha value is -3.47. The number of fused-ring (bicyclic) bond motifs is 3. The Kier molecular flexibility index (Phi) is 6.89. The molecule has 2 heterocycles. The first kappa shape index (κ1) is 25.2. The van der Waals surface area contributed by atoms with Gasteiger partial charge >= 0.3 is 0 Å². The number of carbonyl (C=O) groups excluding carboxylic acids is 1. The third-order valence-corrected chi connectivity index (χ3v) is 8.62. The molecule has 11 heteroatoms. The van der Waals surface area contributed by atoms with Crippen molar-refractivity contribution in [3.63, 3.8) is 0 Å². The molecule has 0 fully saturated rings. The second-order valence-corrected chi connectivity index (χ2v) is 11.5. The molecular weight excluding hydrogens is 535 g/mol. The van der Waals surface area contributed by atoms with Crippen molar-refractivity contribution in [2.75, 3.05) is 15.4 Å². The first-order valence-corrected chi connectivity index (χ1v) is 13.9. The number of halogens is 2. The summed E-state index contributed by atoms with van der Waals surface area (Å²) in [4.78, 5) is 21.1. The lowest BCUT2D eigenvalue weighted by atomic mass is 10.1. The highest BCUT2D eigenvalue weighted by Crippen LogP contribution is 2.42. The number of carbonyl (C=O) groups is 1. The van der Waals surface area contributed by atoms with Crippen LogP contribution in [0, 0.1) is 12.7 Å². The van der Waals surface area contributed by atoms with Gasteiger partial charge in [0.25, 0.3) is 10.0 Å². The summed E-state index contributed by atoms with van der Waals surface area (Å²) in [5, 5.41) is 2.79. The molecule has 0 aliphatic carbocycles. The van der Waals surface area contributed by atoms with Gasteiger partial charge in [0.05, 0.1) is 34.9 Å². The van der Waals surface area contributed by atoms with Crippen LogP contribution in [0.3, 0.4) is 0 Å². The van der Waals surface area contributed by atoms with Crippen LogP contribution in [0.5, 0.6) is 0 Å². The second-order valence-electron chi connectivity index (χ2n) is 8.35. The zero-order valence-electron chi connectivity index (χ0n) is 19.5. The van der Waals surface area contributed by atoms with Gasteiger partial charge in [-0.15, -0.1) is 0 Å². The first-order chi connectivity index (χ1) is 17.7. The molecule has 7 nitrogen and oxygen atoms in total. The molecule has 1 amide bonds. The molecule has 1 N–H and O–H groups in total.